The lowest BCUT2D eigenvalue weighted by Crippen LogP contribution is -2.25. The Kier molecular flexibility index (Phi) is 35.2. The van der Waals surface area contributed by atoms with Gasteiger partial charge >= 0.3 is 11.9 Å². The van der Waals surface area contributed by atoms with Crippen molar-refractivity contribution in [3.8, 4) is 0 Å². The Morgan fingerprint density at radius 2 is 1.08 bits per heavy atom. The van der Waals surface area contributed by atoms with Crippen molar-refractivity contribution in [3.05, 3.63) is 47.6 Å². The van der Waals surface area contributed by atoms with Crippen LogP contribution in [-0.4, -0.2) is 56.4 Å². The number of hydrogen-bond acceptors (Lipinski definition) is 7. The molecular formula is C46H82O7. The maximum atomic E-state index is 12.6. The van der Waals surface area contributed by atoms with Gasteiger partial charge < -0.3 is 24.1 Å². The zero-order valence-corrected chi connectivity index (χ0v) is 35.3. The van der Waals surface area contributed by atoms with Crippen LogP contribution >= 0.6 is 0 Å². The number of allylic oxidation sites excluding steroid dienone is 8. The minimum absolute atomic E-state index is 0.00504. The summed E-state index contributed by atoms with van der Waals surface area (Å²) in [6, 6.07) is 0. The van der Waals surface area contributed by atoms with Gasteiger partial charge in [0.1, 0.15) is 0 Å². The molecule has 7 heteroatoms. The molecule has 0 aromatic carbocycles. The summed E-state index contributed by atoms with van der Waals surface area (Å²) >= 11 is 0. The normalized spacial score (nSPS) is 13.9. The summed E-state index contributed by atoms with van der Waals surface area (Å²) in [6.07, 6.45) is 32.8. The molecule has 0 heterocycles. The van der Waals surface area contributed by atoms with E-state index < -0.39 is 12.2 Å². The molecule has 0 aliphatic carbocycles. The van der Waals surface area contributed by atoms with Crippen molar-refractivity contribution < 1.29 is 33.6 Å². The van der Waals surface area contributed by atoms with Gasteiger partial charge in [-0.15, -0.1) is 0 Å². The third-order valence-corrected chi connectivity index (χ3v) is 9.39. The number of carbonyl (C=O) groups excluding carboxylic acids is 2. The number of esters is 2. The van der Waals surface area contributed by atoms with E-state index in [0.29, 0.717) is 37.9 Å². The highest BCUT2D eigenvalue weighted by molar-refractivity contribution is 5.69. The van der Waals surface area contributed by atoms with Crippen LogP contribution < -0.4 is 0 Å². The van der Waals surface area contributed by atoms with Gasteiger partial charge in [0.2, 0.25) is 0 Å². The Balaban J connectivity index is 4.37. The van der Waals surface area contributed by atoms with Gasteiger partial charge in [0.15, 0.2) is 6.29 Å². The van der Waals surface area contributed by atoms with Crippen LogP contribution in [0.3, 0.4) is 0 Å². The average Bonchev–Trinajstić information content (AvgIpc) is 3.11. The summed E-state index contributed by atoms with van der Waals surface area (Å²) in [5.41, 5.74) is 2.69. The molecule has 0 radical (unpaired) electrons. The van der Waals surface area contributed by atoms with Crippen molar-refractivity contribution in [1.29, 1.82) is 0 Å². The smallest absolute Gasteiger partial charge is 0.305 e. The lowest BCUT2D eigenvalue weighted by Gasteiger charge is -2.21. The van der Waals surface area contributed by atoms with Crippen LogP contribution in [0.1, 0.15) is 177 Å². The standard InChI is InChI=1S/C46H82O7/c1-8-9-10-11-12-13-14-15-16-17-18-19-20-21-22-29-44(48)52-37-43(36-47)38-53-45(49)30-31-46(50-34-32-41(6)27-23-25-39(2)3)51-35-33-42(7)28-24-26-40(4)5/h12-13,15-16,25-26,41-43,46-47H,8-11,14,17-24,27-38H2,1-7H3/b13-12-,16-15-. The lowest BCUT2D eigenvalue weighted by molar-refractivity contribution is -0.162. The fourth-order valence-electron chi connectivity index (χ4n) is 5.65. The zero-order valence-electron chi connectivity index (χ0n) is 35.3. The van der Waals surface area contributed by atoms with Crippen molar-refractivity contribution in [1.82, 2.24) is 0 Å². The number of hydrogen-bond donors (Lipinski definition) is 1. The average molecular weight is 747 g/mol. The Hall–Kier alpha value is -2.22. The van der Waals surface area contributed by atoms with E-state index in [2.05, 4.69) is 84.9 Å². The van der Waals surface area contributed by atoms with E-state index in [1.54, 1.807) is 0 Å². The molecule has 0 aliphatic rings. The predicted octanol–water partition coefficient (Wildman–Crippen LogP) is 12.2. The summed E-state index contributed by atoms with van der Waals surface area (Å²) < 4.78 is 23.1. The Morgan fingerprint density at radius 1 is 0.585 bits per heavy atom. The first-order valence-electron chi connectivity index (χ1n) is 21.3. The first-order chi connectivity index (χ1) is 25.6. The molecule has 3 unspecified atom stereocenters. The molecule has 7 nitrogen and oxygen atoms in total. The second-order valence-corrected chi connectivity index (χ2v) is 15.6. The first kappa shape index (κ1) is 50.8. The topological polar surface area (TPSA) is 91.3 Å². The highest BCUT2D eigenvalue weighted by atomic mass is 16.7. The third kappa shape index (κ3) is 36.5. The fourth-order valence-corrected chi connectivity index (χ4v) is 5.65. The van der Waals surface area contributed by atoms with E-state index in [4.69, 9.17) is 18.9 Å². The van der Waals surface area contributed by atoms with Crippen molar-refractivity contribution in [2.75, 3.05) is 33.0 Å². The second kappa shape index (κ2) is 36.7. The summed E-state index contributed by atoms with van der Waals surface area (Å²) in [4.78, 5) is 24.9. The predicted molar refractivity (Wildman–Crippen MR) is 222 cm³/mol. The molecule has 0 aromatic heterocycles. The summed E-state index contributed by atoms with van der Waals surface area (Å²) in [6.45, 7) is 16.2. The molecular weight excluding hydrogens is 664 g/mol. The molecule has 53 heavy (non-hydrogen) atoms. The maximum Gasteiger partial charge on any atom is 0.305 e. The molecule has 0 saturated heterocycles. The first-order valence-corrected chi connectivity index (χ1v) is 21.3. The van der Waals surface area contributed by atoms with Crippen LogP contribution in [0, 0.1) is 17.8 Å². The summed E-state index contributed by atoms with van der Waals surface area (Å²) in [5.74, 6) is -0.0129. The molecule has 308 valence electrons. The maximum absolute atomic E-state index is 12.6. The van der Waals surface area contributed by atoms with Gasteiger partial charge in [-0.05, 0) is 117 Å². The quantitative estimate of drug-likeness (QED) is 0.0295. The van der Waals surface area contributed by atoms with E-state index in [1.165, 1.54) is 43.3 Å². The number of unbranched alkanes of at least 4 members (excludes halogenated alkanes) is 8. The molecule has 0 aliphatic heterocycles. The van der Waals surface area contributed by atoms with Crippen LogP contribution in [-0.2, 0) is 28.5 Å². The Bertz CT molecular complexity index is 956. The zero-order chi connectivity index (χ0) is 39.4. The number of carbonyl (C=O) groups is 2. The molecule has 1 N–H and O–H groups in total. The monoisotopic (exact) mass is 747 g/mol. The molecule has 0 saturated carbocycles. The minimum atomic E-state index is -0.471. The lowest BCUT2D eigenvalue weighted by atomic mass is 10.0. The van der Waals surface area contributed by atoms with Crippen molar-refractivity contribution >= 4 is 11.9 Å². The van der Waals surface area contributed by atoms with Crippen LogP contribution in [0.5, 0.6) is 0 Å². The Morgan fingerprint density at radius 3 is 1.58 bits per heavy atom. The van der Waals surface area contributed by atoms with Crippen LogP contribution in [0.15, 0.2) is 47.6 Å². The molecule has 0 rings (SSSR count). The van der Waals surface area contributed by atoms with Gasteiger partial charge in [-0.2, -0.15) is 0 Å². The number of aliphatic hydroxyl groups is 1. The van der Waals surface area contributed by atoms with E-state index in [0.717, 1.165) is 77.0 Å². The number of rotatable bonds is 36. The number of ether oxygens (including phenoxy) is 4. The van der Waals surface area contributed by atoms with Gasteiger partial charge in [-0.1, -0.05) is 100 Å². The van der Waals surface area contributed by atoms with Gasteiger partial charge in [-0.3, -0.25) is 9.59 Å². The van der Waals surface area contributed by atoms with Crippen molar-refractivity contribution in [3.63, 3.8) is 0 Å². The molecule has 0 aromatic rings. The van der Waals surface area contributed by atoms with Gasteiger partial charge in [0.05, 0.1) is 32.2 Å². The molecule has 0 spiro atoms. The van der Waals surface area contributed by atoms with E-state index in [-0.39, 0.29) is 38.2 Å². The van der Waals surface area contributed by atoms with Crippen LogP contribution in [0.2, 0.25) is 0 Å². The van der Waals surface area contributed by atoms with Crippen molar-refractivity contribution in [2.45, 2.75) is 183 Å². The molecule has 0 amide bonds. The highest BCUT2D eigenvalue weighted by Gasteiger charge is 2.18. The molecule has 3 atom stereocenters. The number of aliphatic hydroxyl groups excluding tert-OH is 1. The Labute approximate surface area is 326 Å². The second-order valence-electron chi connectivity index (χ2n) is 15.6. The van der Waals surface area contributed by atoms with Gasteiger partial charge in [0.25, 0.3) is 0 Å². The van der Waals surface area contributed by atoms with Crippen LogP contribution in [0.4, 0.5) is 0 Å². The van der Waals surface area contributed by atoms with Gasteiger partial charge in [0, 0.05) is 26.1 Å². The molecule has 0 bridgehead atoms. The van der Waals surface area contributed by atoms with E-state index >= 15 is 0 Å². The third-order valence-electron chi connectivity index (χ3n) is 9.39. The van der Waals surface area contributed by atoms with Crippen LogP contribution in [0.25, 0.3) is 0 Å². The summed E-state index contributed by atoms with van der Waals surface area (Å²) in [7, 11) is 0. The minimum Gasteiger partial charge on any atom is -0.465 e. The van der Waals surface area contributed by atoms with Crippen molar-refractivity contribution in [2.24, 2.45) is 17.8 Å². The SMILES string of the molecule is CCCCC/C=C\C/C=C\CCCCCCCC(=O)OCC(CO)COC(=O)CCC(OCCC(C)CCC=C(C)C)OCCC(C)CCC=C(C)C. The van der Waals surface area contributed by atoms with E-state index in [1.807, 2.05) is 0 Å². The highest BCUT2D eigenvalue weighted by Crippen LogP contribution is 2.17. The summed E-state index contributed by atoms with van der Waals surface area (Å²) in [5, 5.41) is 9.80. The fraction of sp³-hybridized carbons (Fsp3) is 0.783. The largest absolute Gasteiger partial charge is 0.465 e. The molecule has 0 fully saturated rings. The van der Waals surface area contributed by atoms with E-state index in [9.17, 15) is 14.7 Å². The van der Waals surface area contributed by atoms with Gasteiger partial charge in [-0.25, -0.2) is 0 Å².